The summed E-state index contributed by atoms with van der Waals surface area (Å²) in [4.78, 5) is 0. The molecule has 4 heteroatoms. The fraction of sp³-hybridized carbons (Fsp3) is 0.333. The van der Waals surface area contributed by atoms with Gasteiger partial charge in [-0.3, -0.25) is 0 Å². The number of hydrogen-bond donors (Lipinski definition) is 1. The molecule has 2 rings (SSSR count). The second kappa shape index (κ2) is 6.38. The van der Waals surface area contributed by atoms with Crippen molar-refractivity contribution in [2.45, 2.75) is 13.0 Å². The maximum atomic E-state index is 13.2. The largest absolute Gasteiger partial charge is 0.482 e. The Morgan fingerprint density at radius 3 is 2.79 bits per heavy atom. The van der Waals surface area contributed by atoms with E-state index in [-0.39, 0.29) is 17.8 Å². The summed E-state index contributed by atoms with van der Waals surface area (Å²) in [5, 5.41) is 3.11. The molecule has 0 spiro atoms. The van der Waals surface area contributed by atoms with Gasteiger partial charge in [0.25, 0.3) is 0 Å². The van der Waals surface area contributed by atoms with E-state index >= 15 is 0 Å². The molecule has 0 bridgehead atoms. The van der Waals surface area contributed by atoms with E-state index in [0.717, 1.165) is 12.3 Å². The first-order chi connectivity index (χ1) is 9.20. The number of ether oxygens (including phenoxy) is 1. The van der Waals surface area contributed by atoms with Crippen LogP contribution in [0.25, 0.3) is 0 Å². The lowest BCUT2D eigenvalue weighted by atomic mass is 10.0. The van der Waals surface area contributed by atoms with Crippen LogP contribution in [0.5, 0.6) is 5.75 Å². The highest BCUT2D eigenvalue weighted by molar-refractivity contribution is 5.23. The average Bonchev–Trinajstić information content (AvgIpc) is 2.90. The van der Waals surface area contributed by atoms with Gasteiger partial charge in [-0.2, -0.15) is 0 Å². The van der Waals surface area contributed by atoms with Crippen molar-refractivity contribution in [2.24, 2.45) is 5.92 Å². The Bertz CT molecular complexity index is 499. The minimum absolute atomic E-state index is 0.194. The second-order valence-corrected chi connectivity index (χ2v) is 4.55. The van der Waals surface area contributed by atoms with Crippen LogP contribution in [0.15, 0.2) is 47.1 Å². The van der Waals surface area contributed by atoms with Gasteiger partial charge in [0.2, 0.25) is 0 Å². The van der Waals surface area contributed by atoms with E-state index in [9.17, 15) is 4.39 Å². The molecule has 2 unspecified atom stereocenters. The molecule has 0 saturated carbocycles. The van der Waals surface area contributed by atoms with Crippen LogP contribution >= 0.6 is 0 Å². The minimum atomic E-state index is -0.308. The van der Waals surface area contributed by atoms with Crippen LogP contribution < -0.4 is 10.1 Å². The lowest BCUT2D eigenvalue weighted by Gasteiger charge is -2.23. The predicted molar refractivity (Wildman–Crippen MR) is 71.6 cm³/mol. The second-order valence-electron chi connectivity index (χ2n) is 4.55. The van der Waals surface area contributed by atoms with Gasteiger partial charge in [0.05, 0.1) is 6.26 Å². The summed E-state index contributed by atoms with van der Waals surface area (Å²) in [5.74, 6) is 1.13. The molecule has 0 amide bonds. The maximum Gasteiger partial charge on any atom is 0.160 e. The van der Waals surface area contributed by atoms with Crippen LogP contribution in [0.1, 0.15) is 18.8 Å². The summed E-state index contributed by atoms with van der Waals surface area (Å²) >= 11 is 0. The standard InChI is InChI=1S/C15H18FNO2/c1-11(10-17-2)15(14-7-4-8-18-14)19-13-6-3-5-12(16)9-13/h3-9,11,15,17H,10H2,1-2H3. The van der Waals surface area contributed by atoms with Gasteiger partial charge in [-0.05, 0) is 31.3 Å². The van der Waals surface area contributed by atoms with Crippen LogP contribution in [0.4, 0.5) is 4.39 Å². The molecule has 19 heavy (non-hydrogen) atoms. The lowest BCUT2D eigenvalue weighted by Crippen LogP contribution is -2.25. The molecule has 102 valence electrons. The van der Waals surface area contributed by atoms with Crippen molar-refractivity contribution in [1.82, 2.24) is 5.32 Å². The van der Waals surface area contributed by atoms with Crippen molar-refractivity contribution in [3.8, 4) is 5.75 Å². The summed E-state index contributed by atoms with van der Waals surface area (Å²) in [7, 11) is 1.89. The van der Waals surface area contributed by atoms with E-state index in [1.165, 1.54) is 12.1 Å². The highest BCUT2D eigenvalue weighted by Crippen LogP contribution is 2.28. The van der Waals surface area contributed by atoms with Crippen molar-refractivity contribution >= 4 is 0 Å². The molecule has 3 nitrogen and oxygen atoms in total. The Morgan fingerprint density at radius 1 is 1.32 bits per heavy atom. The average molecular weight is 263 g/mol. The molecule has 0 aliphatic rings. The third-order valence-electron chi connectivity index (χ3n) is 2.93. The zero-order valence-corrected chi connectivity index (χ0v) is 11.1. The highest BCUT2D eigenvalue weighted by Gasteiger charge is 2.23. The number of furan rings is 1. The quantitative estimate of drug-likeness (QED) is 0.867. The minimum Gasteiger partial charge on any atom is -0.482 e. The Hall–Kier alpha value is -1.81. The Kier molecular flexibility index (Phi) is 4.58. The van der Waals surface area contributed by atoms with E-state index in [2.05, 4.69) is 12.2 Å². The predicted octanol–water partition coefficient (Wildman–Crippen LogP) is 3.39. The summed E-state index contributed by atoms with van der Waals surface area (Å²) < 4.78 is 24.5. The number of hydrogen-bond acceptors (Lipinski definition) is 3. The molecule has 1 aromatic carbocycles. The van der Waals surface area contributed by atoms with Gasteiger partial charge in [-0.25, -0.2) is 4.39 Å². The van der Waals surface area contributed by atoms with Crippen LogP contribution in [0, 0.1) is 11.7 Å². The molecule has 1 aromatic heterocycles. The number of halogens is 1. The molecule has 0 radical (unpaired) electrons. The van der Waals surface area contributed by atoms with Crippen molar-refractivity contribution in [3.63, 3.8) is 0 Å². The first-order valence-corrected chi connectivity index (χ1v) is 6.31. The first-order valence-electron chi connectivity index (χ1n) is 6.31. The SMILES string of the molecule is CNCC(C)C(Oc1cccc(F)c1)c1ccco1. The Labute approximate surface area is 112 Å². The summed E-state index contributed by atoms with van der Waals surface area (Å²) in [6.45, 7) is 2.84. The Morgan fingerprint density at radius 2 is 2.16 bits per heavy atom. The van der Waals surface area contributed by atoms with Gasteiger partial charge in [0.15, 0.2) is 6.10 Å². The van der Waals surface area contributed by atoms with Gasteiger partial charge in [-0.1, -0.05) is 13.0 Å². The Balaban J connectivity index is 2.18. The fourth-order valence-electron chi connectivity index (χ4n) is 2.02. The number of nitrogens with one attached hydrogen (secondary N) is 1. The van der Waals surface area contributed by atoms with Gasteiger partial charge in [0, 0.05) is 18.5 Å². The maximum absolute atomic E-state index is 13.2. The van der Waals surface area contributed by atoms with E-state index in [0.29, 0.717) is 5.75 Å². The van der Waals surface area contributed by atoms with E-state index in [1.807, 2.05) is 19.2 Å². The van der Waals surface area contributed by atoms with Crippen molar-refractivity contribution in [2.75, 3.05) is 13.6 Å². The van der Waals surface area contributed by atoms with E-state index < -0.39 is 0 Å². The van der Waals surface area contributed by atoms with Crippen LogP contribution in [-0.4, -0.2) is 13.6 Å². The monoisotopic (exact) mass is 263 g/mol. The van der Waals surface area contributed by atoms with Gasteiger partial charge >= 0.3 is 0 Å². The van der Waals surface area contributed by atoms with Crippen LogP contribution in [0.3, 0.4) is 0 Å². The summed E-state index contributed by atoms with van der Waals surface area (Å²) in [5.41, 5.74) is 0. The molecule has 2 aromatic rings. The summed E-state index contributed by atoms with van der Waals surface area (Å²) in [6.07, 6.45) is 1.37. The fourth-order valence-corrected chi connectivity index (χ4v) is 2.02. The molecule has 0 aliphatic heterocycles. The highest BCUT2D eigenvalue weighted by atomic mass is 19.1. The number of rotatable bonds is 6. The lowest BCUT2D eigenvalue weighted by molar-refractivity contribution is 0.119. The molecular weight excluding hydrogens is 245 g/mol. The van der Waals surface area contributed by atoms with Crippen LogP contribution in [0.2, 0.25) is 0 Å². The number of benzene rings is 1. The smallest absolute Gasteiger partial charge is 0.160 e. The third-order valence-corrected chi connectivity index (χ3v) is 2.93. The molecule has 0 fully saturated rings. The molecule has 0 aliphatic carbocycles. The first kappa shape index (κ1) is 13.6. The summed E-state index contributed by atoms with van der Waals surface area (Å²) in [6, 6.07) is 9.84. The molecular formula is C15H18FNO2. The molecule has 1 N–H and O–H groups in total. The van der Waals surface area contributed by atoms with Crippen LogP contribution in [-0.2, 0) is 0 Å². The van der Waals surface area contributed by atoms with Gasteiger partial charge in [-0.15, -0.1) is 0 Å². The molecule has 1 heterocycles. The van der Waals surface area contributed by atoms with Crippen molar-refractivity contribution in [1.29, 1.82) is 0 Å². The molecule has 0 saturated heterocycles. The molecule has 2 atom stereocenters. The van der Waals surface area contributed by atoms with Crippen molar-refractivity contribution < 1.29 is 13.5 Å². The van der Waals surface area contributed by atoms with Crippen molar-refractivity contribution in [3.05, 3.63) is 54.2 Å². The topological polar surface area (TPSA) is 34.4 Å². The normalized spacial score (nSPS) is 14.1. The van der Waals surface area contributed by atoms with Gasteiger partial charge < -0.3 is 14.5 Å². The van der Waals surface area contributed by atoms with E-state index in [4.69, 9.17) is 9.15 Å². The zero-order chi connectivity index (χ0) is 13.7. The zero-order valence-electron chi connectivity index (χ0n) is 11.1. The third kappa shape index (κ3) is 3.58. The van der Waals surface area contributed by atoms with Gasteiger partial charge in [0.1, 0.15) is 17.3 Å². The van der Waals surface area contributed by atoms with E-state index in [1.54, 1.807) is 18.4 Å².